The Morgan fingerprint density at radius 2 is 2.25 bits per heavy atom. The molecule has 0 bridgehead atoms. The predicted octanol–water partition coefficient (Wildman–Crippen LogP) is 2.61. The fourth-order valence-corrected chi connectivity index (χ4v) is 2.36. The third kappa shape index (κ3) is 5.13. The van der Waals surface area contributed by atoms with Crippen LogP contribution in [0.25, 0.3) is 0 Å². The molecule has 2 rings (SSSR count). The molecule has 0 aliphatic heterocycles. The van der Waals surface area contributed by atoms with E-state index in [1.54, 1.807) is 0 Å². The van der Waals surface area contributed by atoms with E-state index in [0.29, 0.717) is 19.1 Å². The third-order valence-corrected chi connectivity index (χ3v) is 3.72. The van der Waals surface area contributed by atoms with Gasteiger partial charge in [0.2, 0.25) is 5.91 Å². The van der Waals surface area contributed by atoms with Crippen molar-refractivity contribution in [1.82, 2.24) is 10.6 Å². The molecule has 1 aromatic carbocycles. The second-order valence-electron chi connectivity index (χ2n) is 4.99. The van der Waals surface area contributed by atoms with Crippen LogP contribution in [-0.4, -0.2) is 25.1 Å². The first-order chi connectivity index (χ1) is 9.69. The highest BCUT2D eigenvalue weighted by atomic mass is 79.9. The van der Waals surface area contributed by atoms with Crippen molar-refractivity contribution >= 4 is 21.8 Å². The number of hydrogen-bond acceptors (Lipinski definition) is 3. The number of carbonyl (C=O) groups excluding carboxylic acids is 1. The van der Waals surface area contributed by atoms with Gasteiger partial charge in [-0.25, -0.2) is 0 Å². The van der Waals surface area contributed by atoms with Gasteiger partial charge in [0.05, 0.1) is 17.5 Å². The molecule has 1 fully saturated rings. The number of amides is 1. The van der Waals surface area contributed by atoms with E-state index in [2.05, 4.69) is 33.5 Å². The summed E-state index contributed by atoms with van der Waals surface area (Å²) in [6.07, 6.45) is 2.64. The Morgan fingerprint density at radius 3 is 2.90 bits per heavy atom. The summed E-state index contributed by atoms with van der Waals surface area (Å²) in [5.41, 5.74) is 1.21. The fraction of sp³-hybridized carbons (Fsp3) is 0.533. The van der Waals surface area contributed by atoms with Crippen molar-refractivity contribution < 1.29 is 9.53 Å². The van der Waals surface area contributed by atoms with Gasteiger partial charge in [-0.05, 0) is 53.0 Å². The molecule has 0 heterocycles. The van der Waals surface area contributed by atoms with E-state index in [4.69, 9.17) is 4.74 Å². The molecule has 4 nitrogen and oxygen atoms in total. The van der Waals surface area contributed by atoms with E-state index in [9.17, 15) is 4.79 Å². The Labute approximate surface area is 128 Å². The van der Waals surface area contributed by atoms with E-state index in [1.165, 1.54) is 5.56 Å². The van der Waals surface area contributed by atoms with Crippen LogP contribution in [-0.2, 0) is 11.3 Å². The lowest BCUT2D eigenvalue weighted by Gasteiger charge is -2.10. The largest absolute Gasteiger partial charge is 0.492 e. The van der Waals surface area contributed by atoms with Gasteiger partial charge in [0.1, 0.15) is 5.75 Å². The molecule has 0 unspecified atom stereocenters. The van der Waals surface area contributed by atoms with Crippen molar-refractivity contribution in [3.8, 4) is 5.75 Å². The molecule has 0 radical (unpaired) electrons. The third-order valence-electron chi connectivity index (χ3n) is 3.10. The van der Waals surface area contributed by atoms with E-state index >= 15 is 0 Å². The number of carbonyl (C=O) groups is 1. The predicted molar refractivity (Wildman–Crippen MR) is 82.8 cm³/mol. The summed E-state index contributed by atoms with van der Waals surface area (Å²) in [4.78, 5) is 11.5. The van der Waals surface area contributed by atoms with Gasteiger partial charge in [0.25, 0.3) is 0 Å². The number of nitrogens with one attached hydrogen (secondary N) is 2. The molecule has 1 aliphatic rings. The van der Waals surface area contributed by atoms with Crippen LogP contribution < -0.4 is 15.4 Å². The number of hydrogen-bond donors (Lipinski definition) is 2. The zero-order valence-electron chi connectivity index (χ0n) is 11.7. The molecule has 1 aromatic rings. The quantitative estimate of drug-likeness (QED) is 0.764. The van der Waals surface area contributed by atoms with Crippen LogP contribution in [0.2, 0.25) is 0 Å². The Hall–Kier alpha value is -1.07. The minimum Gasteiger partial charge on any atom is -0.492 e. The van der Waals surface area contributed by atoms with Crippen molar-refractivity contribution in [3.63, 3.8) is 0 Å². The molecule has 0 aromatic heterocycles. The molecule has 2 N–H and O–H groups in total. The first kappa shape index (κ1) is 15.3. The summed E-state index contributed by atoms with van der Waals surface area (Å²) in [5, 5.41) is 6.23. The molecule has 0 atom stereocenters. The van der Waals surface area contributed by atoms with Gasteiger partial charge < -0.3 is 15.4 Å². The Kier molecular flexibility index (Phi) is 5.86. The molecule has 0 saturated heterocycles. The first-order valence-corrected chi connectivity index (χ1v) is 7.89. The van der Waals surface area contributed by atoms with Crippen LogP contribution in [0.4, 0.5) is 0 Å². The van der Waals surface area contributed by atoms with Crippen LogP contribution in [0.15, 0.2) is 22.7 Å². The summed E-state index contributed by atoms with van der Waals surface area (Å²) in [6, 6.07) is 6.43. The Bertz CT molecular complexity index is 461. The van der Waals surface area contributed by atoms with Crippen LogP contribution >= 0.6 is 15.9 Å². The van der Waals surface area contributed by atoms with Crippen molar-refractivity contribution in [1.29, 1.82) is 0 Å². The molecule has 1 saturated carbocycles. The van der Waals surface area contributed by atoms with Crippen molar-refractivity contribution in [2.75, 3.05) is 13.2 Å². The fourth-order valence-electron chi connectivity index (χ4n) is 1.82. The van der Waals surface area contributed by atoms with Crippen LogP contribution in [0.1, 0.15) is 31.7 Å². The normalized spacial score (nSPS) is 14.1. The zero-order valence-corrected chi connectivity index (χ0v) is 13.3. The van der Waals surface area contributed by atoms with E-state index in [1.807, 2.05) is 18.2 Å². The molecule has 110 valence electrons. The van der Waals surface area contributed by atoms with E-state index in [-0.39, 0.29) is 5.91 Å². The molecule has 1 aliphatic carbocycles. The van der Waals surface area contributed by atoms with Crippen molar-refractivity contribution in [2.45, 2.75) is 38.8 Å². The van der Waals surface area contributed by atoms with Gasteiger partial charge in [-0.3, -0.25) is 4.79 Å². The van der Waals surface area contributed by atoms with Crippen LogP contribution in [0.3, 0.4) is 0 Å². The number of rotatable bonds is 8. The SMILES string of the molecule is CCNCc1ccc(OCCC(=O)NC2CC2)c(Br)c1. The van der Waals surface area contributed by atoms with Gasteiger partial charge in [-0.1, -0.05) is 13.0 Å². The summed E-state index contributed by atoms with van der Waals surface area (Å²) in [5.74, 6) is 0.858. The molecule has 20 heavy (non-hydrogen) atoms. The van der Waals surface area contributed by atoms with Gasteiger partial charge in [0, 0.05) is 12.6 Å². The Morgan fingerprint density at radius 1 is 1.45 bits per heavy atom. The second kappa shape index (κ2) is 7.64. The molecular formula is C15H21BrN2O2. The topological polar surface area (TPSA) is 50.4 Å². The van der Waals surface area contributed by atoms with Crippen molar-refractivity contribution in [3.05, 3.63) is 28.2 Å². The highest BCUT2D eigenvalue weighted by Gasteiger charge is 2.22. The minimum atomic E-state index is 0.0763. The molecule has 1 amide bonds. The van der Waals surface area contributed by atoms with Gasteiger partial charge in [-0.15, -0.1) is 0 Å². The highest BCUT2D eigenvalue weighted by molar-refractivity contribution is 9.10. The number of halogens is 1. The Balaban J connectivity index is 1.75. The summed E-state index contributed by atoms with van der Waals surface area (Å²) >= 11 is 3.50. The summed E-state index contributed by atoms with van der Waals surface area (Å²) in [6.45, 7) is 4.29. The lowest BCUT2D eigenvalue weighted by molar-refractivity contribution is -0.121. The average Bonchev–Trinajstić information content (AvgIpc) is 3.22. The first-order valence-electron chi connectivity index (χ1n) is 7.10. The van der Waals surface area contributed by atoms with Crippen LogP contribution in [0, 0.1) is 0 Å². The maximum absolute atomic E-state index is 11.5. The van der Waals surface area contributed by atoms with E-state index in [0.717, 1.165) is 36.2 Å². The summed E-state index contributed by atoms with van der Waals surface area (Å²) in [7, 11) is 0. The lowest BCUT2D eigenvalue weighted by Crippen LogP contribution is -2.26. The average molecular weight is 341 g/mol. The smallest absolute Gasteiger partial charge is 0.223 e. The lowest BCUT2D eigenvalue weighted by atomic mass is 10.2. The van der Waals surface area contributed by atoms with Gasteiger partial charge >= 0.3 is 0 Å². The minimum absolute atomic E-state index is 0.0763. The number of benzene rings is 1. The highest BCUT2D eigenvalue weighted by Crippen LogP contribution is 2.26. The van der Waals surface area contributed by atoms with Gasteiger partial charge in [0.15, 0.2) is 0 Å². The van der Waals surface area contributed by atoms with E-state index < -0.39 is 0 Å². The second-order valence-corrected chi connectivity index (χ2v) is 5.84. The van der Waals surface area contributed by atoms with Gasteiger partial charge in [-0.2, -0.15) is 0 Å². The molecule has 5 heteroatoms. The monoisotopic (exact) mass is 340 g/mol. The maximum Gasteiger partial charge on any atom is 0.223 e. The summed E-state index contributed by atoms with van der Waals surface area (Å²) < 4.78 is 6.57. The van der Waals surface area contributed by atoms with Crippen molar-refractivity contribution in [2.24, 2.45) is 0 Å². The standard InChI is InChI=1S/C15H21BrN2O2/c1-2-17-10-11-3-6-14(13(16)9-11)20-8-7-15(19)18-12-4-5-12/h3,6,9,12,17H,2,4-5,7-8,10H2,1H3,(H,18,19). The van der Waals surface area contributed by atoms with Crippen LogP contribution in [0.5, 0.6) is 5.75 Å². The molecule has 0 spiro atoms. The number of ether oxygens (including phenoxy) is 1. The maximum atomic E-state index is 11.5. The zero-order chi connectivity index (χ0) is 14.4. The molecular weight excluding hydrogens is 320 g/mol.